The lowest BCUT2D eigenvalue weighted by molar-refractivity contribution is 0.0698. The summed E-state index contributed by atoms with van der Waals surface area (Å²) in [4.78, 5) is 10.8. The molecule has 0 aliphatic heterocycles. The minimum atomic E-state index is -0.955. The standard InChI is InChI=1S/C8H8O3S/c1-2-4-11-6-3-5-12-7(6)8(9)10/h2-3,5H,1,4H2,(H,9,10). The molecule has 1 N–H and O–H groups in total. The predicted octanol–water partition coefficient (Wildman–Crippen LogP) is 2.01. The van der Waals surface area contributed by atoms with Gasteiger partial charge in [0.1, 0.15) is 12.4 Å². The van der Waals surface area contributed by atoms with Gasteiger partial charge >= 0.3 is 5.97 Å². The van der Waals surface area contributed by atoms with Gasteiger partial charge in [-0.25, -0.2) is 4.79 Å². The third kappa shape index (κ3) is 1.85. The fourth-order valence-corrected chi connectivity index (χ4v) is 1.39. The van der Waals surface area contributed by atoms with Crippen LogP contribution < -0.4 is 4.74 Å². The van der Waals surface area contributed by atoms with Crippen LogP contribution in [0.3, 0.4) is 0 Å². The maximum atomic E-state index is 10.6. The van der Waals surface area contributed by atoms with E-state index in [1.807, 2.05) is 0 Å². The molecule has 0 spiro atoms. The Hall–Kier alpha value is -1.29. The molecule has 1 rings (SSSR count). The van der Waals surface area contributed by atoms with Gasteiger partial charge in [-0.05, 0) is 11.4 Å². The van der Waals surface area contributed by atoms with Crippen molar-refractivity contribution < 1.29 is 14.6 Å². The van der Waals surface area contributed by atoms with Crippen molar-refractivity contribution in [3.05, 3.63) is 29.0 Å². The summed E-state index contributed by atoms with van der Waals surface area (Å²) in [6, 6.07) is 1.64. The average molecular weight is 184 g/mol. The number of carbonyl (C=O) groups is 1. The molecule has 1 aromatic heterocycles. The second kappa shape index (κ2) is 3.92. The molecule has 1 heterocycles. The molecule has 64 valence electrons. The molecule has 0 aliphatic rings. The van der Waals surface area contributed by atoms with E-state index < -0.39 is 5.97 Å². The number of hydrogen-bond donors (Lipinski definition) is 1. The van der Waals surface area contributed by atoms with Gasteiger partial charge in [0.25, 0.3) is 0 Å². The fourth-order valence-electron chi connectivity index (χ4n) is 0.716. The van der Waals surface area contributed by atoms with E-state index in [9.17, 15) is 4.79 Å². The van der Waals surface area contributed by atoms with E-state index in [0.717, 1.165) is 11.3 Å². The highest BCUT2D eigenvalue weighted by Crippen LogP contribution is 2.24. The number of rotatable bonds is 4. The van der Waals surface area contributed by atoms with Gasteiger partial charge in [-0.2, -0.15) is 0 Å². The van der Waals surface area contributed by atoms with Crippen LogP contribution in [-0.2, 0) is 0 Å². The maximum Gasteiger partial charge on any atom is 0.349 e. The van der Waals surface area contributed by atoms with Crippen LogP contribution in [-0.4, -0.2) is 17.7 Å². The monoisotopic (exact) mass is 184 g/mol. The quantitative estimate of drug-likeness (QED) is 0.728. The molecular formula is C8H8O3S. The molecule has 0 radical (unpaired) electrons. The minimum Gasteiger partial charge on any atom is -0.488 e. The topological polar surface area (TPSA) is 46.5 Å². The third-order valence-electron chi connectivity index (χ3n) is 1.18. The van der Waals surface area contributed by atoms with Crippen LogP contribution in [0.5, 0.6) is 5.75 Å². The van der Waals surface area contributed by atoms with Gasteiger partial charge < -0.3 is 9.84 Å². The summed E-state index contributed by atoms with van der Waals surface area (Å²) in [5, 5.41) is 10.3. The van der Waals surface area contributed by atoms with E-state index in [2.05, 4.69) is 6.58 Å². The van der Waals surface area contributed by atoms with E-state index in [-0.39, 0.29) is 4.88 Å². The largest absolute Gasteiger partial charge is 0.488 e. The van der Waals surface area contributed by atoms with Crippen LogP contribution in [0.4, 0.5) is 0 Å². The van der Waals surface area contributed by atoms with Gasteiger partial charge in [0.15, 0.2) is 4.88 Å². The van der Waals surface area contributed by atoms with Crippen molar-refractivity contribution in [2.75, 3.05) is 6.61 Å². The molecule has 0 aromatic carbocycles. The van der Waals surface area contributed by atoms with E-state index in [0.29, 0.717) is 12.4 Å². The lowest BCUT2D eigenvalue weighted by Gasteiger charge is -2.00. The summed E-state index contributed by atoms with van der Waals surface area (Å²) >= 11 is 1.15. The average Bonchev–Trinajstić information content (AvgIpc) is 2.48. The van der Waals surface area contributed by atoms with Crippen LogP contribution in [0.25, 0.3) is 0 Å². The zero-order chi connectivity index (χ0) is 8.97. The van der Waals surface area contributed by atoms with Crippen LogP contribution >= 0.6 is 11.3 Å². The molecule has 0 amide bonds. The molecule has 0 atom stereocenters. The van der Waals surface area contributed by atoms with Crippen molar-refractivity contribution in [2.45, 2.75) is 0 Å². The molecule has 0 unspecified atom stereocenters. The normalized spacial score (nSPS) is 9.33. The lowest BCUT2D eigenvalue weighted by atomic mass is 10.4. The summed E-state index contributed by atoms with van der Waals surface area (Å²) in [5.41, 5.74) is 0. The van der Waals surface area contributed by atoms with Gasteiger partial charge in [-0.15, -0.1) is 11.3 Å². The third-order valence-corrected chi connectivity index (χ3v) is 2.06. The van der Waals surface area contributed by atoms with Crippen molar-refractivity contribution >= 4 is 17.3 Å². The predicted molar refractivity (Wildman–Crippen MR) is 47.0 cm³/mol. The lowest BCUT2D eigenvalue weighted by Crippen LogP contribution is -1.98. The molecule has 0 saturated carbocycles. The summed E-state index contributed by atoms with van der Waals surface area (Å²) < 4.78 is 5.10. The number of hydrogen-bond acceptors (Lipinski definition) is 3. The van der Waals surface area contributed by atoms with Crippen molar-refractivity contribution in [2.24, 2.45) is 0 Å². The first-order valence-electron chi connectivity index (χ1n) is 3.30. The zero-order valence-corrected chi connectivity index (χ0v) is 7.13. The second-order valence-electron chi connectivity index (χ2n) is 2.02. The van der Waals surface area contributed by atoms with Crippen molar-refractivity contribution in [1.29, 1.82) is 0 Å². The summed E-state index contributed by atoms with van der Waals surface area (Å²) in [7, 11) is 0. The molecule has 1 aromatic rings. The Morgan fingerprint density at radius 3 is 3.17 bits per heavy atom. The number of carboxylic acid groups (broad SMARTS) is 1. The highest BCUT2D eigenvalue weighted by molar-refractivity contribution is 7.12. The van der Waals surface area contributed by atoms with Crippen LogP contribution in [0.15, 0.2) is 24.1 Å². The van der Waals surface area contributed by atoms with Gasteiger partial charge in [-0.3, -0.25) is 0 Å². The Balaban J connectivity index is 2.76. The molecule has 0 bridgehead atoms. The van der Waals surface area contributed by atoms with Gasteiger partial charge in [-0.1, -0.05) is 12.7 Å². The molecule has 4 heteroatoms. The van der Waals surface area contributed by atoms with E-state index in [1.54, 1.807) is 17.5 Å². The maximum absolute atomic E-state index is 10.6. The number of thiophene rings is 1. The second-order valence-corrected chi connectivity index (χ2v) is 2.93. The SMILES string of the molecule is C=CCOc1ccsc1C(=O)O. The number of aromatic carboxylic acids is 1. The number of ether oxygens (including phenoxy) is 1. The molecule has 0 fully saturated rings. The minimum absolute atomic E-state index is 0.233. The summed E-state index contributed by atoms with van der Waals surface area (Å²) in [6.45, 7) is 3.80. The Kier molecular flexibility index (Phi) is 2.88. The Morgan fingerprint density at radius 2 is 2.58 bits per heavy atom. The fraction of sp³-hybridized carbons (Fsp3) is 0.125. The van der Waals surface area contributed by atoms with Gasteiger partial charge in [0, 0.05) is 0 Å². The first-order valence-corrected chi connectivity index (χ1v) is 4.18. The smallest absolute Gasteiger partial charge is 0.349 e. The molecule has 12 heavy (non-hydrogen) atoms. The highest BCUT2D eigenvalue weighted by Gasteiger charge is 2.11. The van der Waals surface area contributed by atoms with Crippen LogP contribution in [0.1, 0.15) is 9.67 Å². The van der Waals surface area contributed by atoms with E-state index in [4.69, 9.17) is 9.84 Å². The highest BCUT2D eigenvalue weighted by atomic mass is 32.1. The Labute approximate surface area is 73.9 Å². The Bertz CT molecular complexity index is 290. The molecule has 0 saturated heterocycles. The van der Waals surface area contributed by atoms with E-state index >= 15 is 0 Å². The van der Waals surface area contributed by atoms with E-state index in [1.165, 1.54) is 0 Å². The van der Waals surface area contributed by atoms with Crippen molar-refractivity contribution in [3.63, 3.8) is 0 Å². The first kappa shape index (κ1) is 8.80. The van der Waals surface area contributed by atoms with Crippen LogP contribution in [0.2, 0.25) is 0 Å². The van der Waals surface area contributed by atoms with Crippen LogP contribution in [0, 0.1) is 0 Å². The zero-order valence-electron chi connectivity index (χ0n) is 6.32. The van der Waals surface area contributed by atoms with Gasteiger partial charge in [0.05, 0.1) is 0 Å². The Morgan fingerprint density at radius 1 is 1.83 bits per heavy atom. The molecule has 0 aliphatic carbocycles. The molecular weight excluding hydrogens is 176 g/mol. The first-order chi connectivity index (χ1) is 5.75. The van der Waals surface area contributed by atoms with Gasteiger partial charge in [0.2, 0.25) is 0 Å². The summed E-state index contributed by atoms with van der Waals surface area (Å²) in [5.74, 6) is -0.545. The number of carboxylic acids is 1. The molecule has 3 nitrogen and oxygen atoms in total. The van der Waals surface area contributed by atoms with Crippen molar-refractivity contribution in [3.8, 4) is 5.75 Å². The summed E-state index contributed by atoms with van der Waals surface area (Å²) in [6.07, 6.45) is 1.57. The van der Waals surface area contributed by atoms with Crippen molar-refractivity contribution in [1.82, 2.24) is 0 Å².